The van der Waals surface area contributed by atoms with Crippen molar-refractivity contribution in [3.05, 3.63) is 11.1 Å². The molecule has 0 aromatic carbocycles. The normalized spacial score (nSPS) is 39.7. The second kappa shape index (κ2) is 3.37. The van der Waals surface area contributed by atoms with E-state index in [4.69, 9.17) is 4.74 Å². The van der Waals surface area contributed by atoms with Crippen LogP contribution in [0.25, 0.3) is 0 Å². The topological polar surface area (TPSA) is 26.3 Å². The van der Waals surface area contributed by atoms with Gasteiger partial charge in [0.05, 0.1) is 0 Å². The third kappa shape index (κ3) is 1.42. The van der Waals surface area contributed by atoms with Gasteiger partial charge >= 0.3 is 5.97 Å². The molecule has 17 heavy (non-hydrogen) atoms. The summed E-state index contributed by atoms with van der Waals surface area (Å²) in [4.78, 5) is 11.7. The first-order chi connectivity index (χ1) is 7.95. The van der Waals surface area contributed by atoms with E-state index in [1.807, 2.05) is 0 Å². The molecule has 2 atom stereocenters. The average molecular weight is 234 g/mol. The molecule has 0 amide bonds. The van der Waals surface area contributed by atoms with Gasteiger partial charge in [0.25, 0.3) is 0 Å². The Kier molecular flexibility index (Phi) is 2.24. The minimum atomic E-state index is -0.0388. The van der Waals surface area contributed by atoms with E-state index in [0.29, 0.717) is 12.0 Å². The molecule has 2 aliphatic carbocycles. The van der Waals surface area contributed by atoms with E-state index in [0.717, 1.165) is 24.3 Å². The summed E-state index contributed by atoms with van der Waals surface area (Å²) in [5, 5.41) is 0. The smallest absolute Gasteiger partial charge is 0.334 e. The van der Waals surface area contributed by atoms with Crippen LogP contribution in [-0.2, 0) is 9.53 Å². The second-order valence-electron chi connectivity index (χ2n) is 6.88. The van der Waals surface area contributed by atoms with Gasteiger partial charge in [-0.3, -0.25) is 0 Å². The van der Waals surface area contributed by atoms with Crippen molar-refractivity contribution >= 4 is 5.97 Å². The minimum absolute atomic E-state index is 0.0388. The predicted octanol–water partition coefficient (Wildman–Crippen LogP) is 3.47. The quantitative estimate of drug-likeness (QED) is 0.600. The van der Waals surface area contributed by atoms with Crippen LogP contribution in [0, 0.1) is 16.7 Å². The highest BCUT2D eigenvalue weighted by atomic mass is 16.5. The molecule has 0 unspecified atom stereocenters. The SMILES string of the molecule is CC1(C)CCC[C@@]2(C)C3=C(CC[C@H]12)C(=O)OC3. The maximum absolute atomic E-state index is 11.7. The summed E-state index contributed by atoms with van der Waals surface area (Å²) in [5.41, 5.74) is 2.99. The number of hydrogen-bond donors (Lipinski definition) is 0. The summed E-state index contributed by atoms with van der Waals surface area (Å²) in [5.74, 6) is 0.681. The summed E-state index contributed by atoms with van der Waals surface area (Å²) < 4.78 is 5.27. The Morgan fingerprint density at radius 1 is 1.24 bits per heavy atom. The summed E-state index contributed by atoms with van der Waals surface area (Å²) in [6, 6.07) is 0. The van der Waals surface area contributed by atoms with Crippen LogP contribution in [0.5, 0.6) is 0 Å². The lowest BCUT2D eigenvalue weighted by Crippen LogP contribution is -2.45. The molecular weight excluding hydrogens is 212 g/mol. The van der Waals surface area contributed by atoms with Gasteiger partial charge in [-0.25, -0.2) is 4.79 Å². The van der Waals surface area contributed by atoms with Gasteiger partial charge in [0, 0.05) is 5.57 Å². The molecule has 0 N–H and O–H groups in total. The summed E-state index contributed by atoms with van der Waals surface area (Å²) in [7, 11) is 0. The van der Waals surface area contributed by atoms with Gasteiger partial charge in [-0.2, -0.15) is 0 Å². The van der Waals surface area contributed by atoms with Crippen LogP contribution in [-0.4, -0.2) is 12.6 Å². The highest BCUT2D eigenvalue weighted by molar-refractivity contribution is 5.92. The highest BCUT2D eigenvalue weighted by Crippen LogP contribution is 2.60. The molecule has 3 rings (SSSR count). The van der Waals surface area contributed by atoms with Crippen molar-refractivity contribution < 1.29 is 9.53 Å². The van der Waals surface area contributed by atoms with Gasteiger partial charge in [-0.1, -0.05) is 27.2 Å². The highest BCUT2D eigenvalue weighted by Gasteiger charge is 2.53. The summed E-state index contributed by atoms with van der Waals surface area (Å²) in [6.07, 6.45) is 5.95. The van der Waals surface area contributed by atoms with E-state index >= 15 is 0 Å². The van der Waals surface area contributed by atoms with Crippen molar-refractivity contribution in [1.82, 2.24) is 0 Å². The molecule has 1 saturated carbocycles. The fourth-order valence-electron chi connectivity index (χ4n) is 4.68. The molecule has 0 bridgehead atoms. The molecule has 2 nitrogen and oxygen atoms in total. The molecule has 94 valence electrons. The molecule has 0 spiro atoms. The zero-order valence-electron chi connectivity index (χ0n) is 11.1. The van der Waals surface area contributed by atoms with Gasteiger partial charge < -0.3 is 4.74 Å². The molecule has 2 heteroatoms. The Bertz CT molecular complexity index is 405. The largest absolute Gasteiger partial charge is 0.458 e. The number of ether oxygens (including phenoxy) is 1. The van der Waals surface area contributed by atoms with Crippen molar-refractivity contribution in [2.45, 2.75) is 52.9 Å². The van der Waals surface area contributed by atoms with Gasteiger partial charge in [0.2, 0.25) is 0 Å². The lowest BCUT2D eigenvalue weighted by atomic mass is 9.50. The van der Waals surface area contributed by atoms with Crippen molar-refractivity contribution in [3.63, 3.8) is 0 Å². The Hall–Kier alpha value is -0.790. The predicted molar refractivity (Wildman–Crippen MR) is 66.4 cm³/mol. The summed E-state index contributed by atoms with van der Waals surface area (Å²) in [6.45, 7) is 7.74. The Balaban J connectivity index is 2.06. The molecule has 1 aliphatic heterocycles. The monoisotopic (exact) mass is 234 g/mol. The molecule has 3 aliphatic rings. The Labute approximate surface area is 103 Å². The van der Waals surface area contributed by atoms with Gasteiger partial charge in [-0.05, 0) is 48.0 Å². The van der Waals surface area contributed by atoms with Crippen molar-refractivity contribution in [3.8, 4) is 0 Å². The minimum Gasteiger partial charge on any atom is -0.458 e. The number of carbonyl (C=O) groups excluding carboxylic acids is 1. The molecular formula is C15H22O2. The molecule has 1 fully saturated rings. The summed E-state index contributed by atoms with van der Waals surface area (Å²) >= 11 is 0. The number of carbonyl (C=O) groups is 1. The fourth-order valence-corrected chi connectivity index (χ4v) is 4.68. The second-order valence-corrected chi connectivity index (χ2v) is 6.88. The molecule has 0 aromatic rings. The molecule has 0 aromatic heterocycles. The zero-order valence-corrected chi connectivity index (χ0v) is 11.1. The maximum Gasteiger partial charge on any atom is 0.334 e. The Morgan fingerprint density at radius 2 is 2.00 bits per heavy atom. The third-order valence-electron chi connectivity index (χ3n) is 5.56. The average Bonchev–Trinajstić information content (AvgIpc) is 2.60. The first kappa shape index (κ1) is 11.3. The van der Waals surface area contributed by atoms with Crippen LogP contribution in [0.2, 0.25) is 0 Å². The van der Waals surface area contributed by atoms with Crippen LogP contribution in [0.1, 0.15) is 52.9 Å². The molecule has 0 saturated heterocycles. The number of esters is 1. The van der Waals surface area contributed by atoms with Crippen LogP contribution in [0.15, 0.2) is 11.1 Å². The van der Waals surface area contributed by atoms with Crippen LogP contribution in [0.3, 0.4) is 0 Å². The van der Waals surface area contributed by atoms with E-state index in [9.17, 15) is 4.79 Å². The first-order valence-electron chi connectivity index (χ1n) is 6.85. The van der Waals surface area contributed by atoms with E-state index in [-0.39, 0.29) is 11.4 Å². The third-order valence-corrected chi connectivity index (χ3v) is 5.56. The van der Waals surface area contributed by atoms with E-state index in [1.165, 1.54) is 24.8 Å². The van der Waals surface area contributed by atoms with Gasteiger partial charge in [0.15, 0.2) is 0 Å². The van der Waals surface area contributed by atoms with Gasteiger partial charge in [-0.15, -0.1) is 0 Å². The lowest BCUT2D eigenvalue weighted by molar-refractivity contribution is -0.136. The fraction of sp³-hybridized carbons (Fsp3) is 0.800. The lowest BCUT2D eigenvalue weighted by Gasteiger charge is -2.53. The maximum atomic E-state index is 11.7. The van der Waals surface area contributed by atoms with Crippen molar-refractivity contribution in [2.24, 2.45) is 16.7 Å². The Morgan fingerprint density at radius 3 is 2.76 bits per heavy atom. The standard InChI is InChI=1S/C15H22O2/c1-14(2)7-4-8-15(3)11-9-17-13(16)10(11)5-6-12(14)15/h12H,4-9H2,1-3H3/t12-,15+/m1/s1. The van der Waals surface area contributed by atoms with Crippen LogP contribution < -0.4 is 0 Å². The van der Waals surface area contributed by atoms with E-state index in [1.54, 1.807) is 0 Å². The molecule has 0 radical (unpaired) electrons. The number of rotatable bonds is 0. The van der Waals surface area contributed by atoms with Crippen LogP contribution >= 0.6 is 0 Å². The van der Waals surface area contributed by atoms with E-state index < -0.39 is 0 Å². The number of cyclic esters (lactones) is 1. The molecule has 1 heterocycles. The van der Waals surface area contributed by atoms with Crippen molar-refractivity contribution in [2.75, 3.05) is 6.61 Å². The zero-order chi connectivity index (χ0) is 12.3. The van der Waals surface area contributed by atoms with Crippen molar-refractivity contribution in [1.29, 1.82) is 0 Å². The number of fused-ring (bicyclic) bond motifs is 2. The van der Waals surface area contributed by atoms with Crippen LogP contribution in [0.4, 0.5) is 0 Å². The van der Waals surface area contributed by atoms with Gasteiger partial charge in [0.1, 0.15) is 6.61 Å². The number of hydrogen-bond acceptors (Lipinski definition) is 2. The van der Waals surface area contributed by atoms with E-state index in [2.05, 4.69) is 20.8 Å². The first-order valence-corrected chi connectivity index (χ1v) is 6.85.